The minimum atomic E-state index is -0.352. The molecule has 1 aromatic carbocycles. The van der Waals surface area contributed by atoms with Crippen LogP contribution in [0.2, 0.25) is 0 Å². The Labute approximate surface area is 194 Å². The van der Waals surface area contributed by atoms with Gasteiger partial charge < -0.3 is 19.7 Å². The molecule has 6 heteroatoms. The van der Waals surface area contributed by atoms with Crippen LogP contribution in [-0.4, -0.2) is 61.8 Å². The fraction of sp³-hybridized carbons (Fsp3) is 0.692. The van der Waals surface area contributed by atoms with Crippen molar-refractivity contribution in [3.63, 3.8) is 0 Å². The van der Waals surface area contributed by atoms with E-state index in [4.69, 9.17) is 9.47 Å². The Morgan fingerprint density at radius 3 is 2.50 bits per heavy atom. The molecule has 2 amide bonds. The van der Waals surface area contributed by atoms with E-state index in [-0.39, 0.29) is 42.0 Å². The SMILES string of the molecule is CCCC[C@@H](CC(=O)N1CCCC1[C@H](OC)[C@@H](C)C(=O)N[C@H](C)Cc1ccccc1)OC. The van der Waals surface area contributed by atoms with Crippen LogP contribution in [0.1, 0.15) is 64.9 Å². The van der Waals surface area contributed by atoms with E-state index in [1.165, 1.54) is 5.56 Å². The maximum atomic E-state index is 13.1. The van der Waals surface area contributed by atoms with Gasteiger partial charge in [-0.1, -0.05) is 57.0 Å². The number of rotatable bonds is 13. The van der Waals surface area contributed by atoms with Crippen molar-refractivity contribution in [1.82, 2.24) is 10.2 Å². The van der Waals surface area contributed by atoms with E-state index in [2.05, 4.69) is 24.4 Å². The van der Waals surface area contributed by atoms with Gasteiger partial charge in [0.1, 0.15) is 0 Å². The van der Waals surface area contributed by atoms with Gasteiger partial charge in [0.25, 0.3) is 0 Å². The Hall–Kier alpha value is -1.92. The summed E-state index contributed by atoms with van der Waals surface area (Å²) in [5, 5.41) is 3.13. The molecule has 2 rings (SSSR count). The third kappa shape index (κ3) is 7.59. The first-order valence-corrected chi connectivity index (χ1v) is 12.1. The lowest BCUT2D eigenvalue weighted by molar-refractivity contribution is -0.142. The van der Waals surface area contributed by atoms with Gasteiger partial charge in [-0.25, -0.2) is 0 Å². The molecular weight excluding hydrogens is 404 g/mol. The maximum Gasteiger partial charge on any atom is 0.225 e. The quantitative estimate of drug-likeness (QED) is 0.498. The number of hydrogen-bond acceptors (Lipinski definition) is 4. The van der Waals surface area contributed by atoms with Crippen molar-refractivity contribution in [3.8, 4) is 0 Å². The zero-order valence-corrected chi connectivity index (χ0v) is 20.5. The molecule has 180 valence electrons. The van der Waals surface area contributed by atoms with Crippen molar-refractivity contribution in [3.05, 3.63) is 35.9 Å². The monoisotopic (exact) mass is 446 g/mol. The normalized spacial score (nSPS) is 19.9. The molecule has 0 bridgehead atoms. The third-order valence-electron chi connectivity index (χ3n) is 6.57. The Kier molecular flexibility index (Phi) is 11.2. The first-order chi connectivity index (χ1) is 15.4. The lowest BCUT2D eigenvalue weighted by Gasteiger charge is -2.34. The maximum absolute atomic E-state index is 13.1. The Bertz CT molecular complexity index is 696. The zero-order valence-electron chi connectivity index (χ0n) is 20.5. The van der Waals surface area contributed by atoms with E-state index in [1.54, 1.807) is 14.2 Å². The minimum absolute atomic E-state index is 0.0206. The molecule has 1 saturated heterocycles. The van der Waals surface area contributed by atoms with Gasteiger partial charge in [-0.05, 0) is 38.2 Å². The van der Waals surface area contributed by atoms with Gasteiger partial charge in [0.15, 0.2) is 0 Å². The van der Waals surface area contributed by atoms with Crippen molar-refractivity contribution in [1.29, 1.82) is 0 Å². The molecule has 1 unspecified atom stereocenters. The highest BCUT2D eigenvalue weighted by Crippen LogP contribution is 2.28. The average Bonchev–Trinajstić information content (AvgIpc) is 3.27. The first kappa shape index (κ1) is 26.3. The zero-order chi connectivity index (χ0) is 23.5. The van der Waals surface area contributed by atoms with Crippen LogP contribution in [0.5, 0.6) is 0 Å². The van der Waals surface area contributed by atoms with Gasteiger partial charge in [0.05, 0.1) is 30.6 Å². The van der Waals surface area contributed by atoms with Crippen LogP contribution in [0.15, 0.2) is 30.3 Å². The highest BCUT2D eigenvalue weighted by atomic mass is 16.5. The number of methoxy groups -OCH3 is 2. The molecule has 1 aliphatic heterocycles. The lowest BCUT2D eigenvalue weighted by atomic mass is 9.94. The number of carbonyl (C=O) groups excluding carboxylic acids is 2. The topological polar surface area (TPSA) is 67.9 Å². The molecule has 0 saturated carbocycles. The highest BCUT2D eigenvalue weighted by molar-refractivity contribution is 5.80. The van der Waals surface area contributed by atoms with Gasteiger partial charge in [-0.2, -0.15) is 0 Å². The highest BCUT2D eigenvalue weighted by Gasteiger charge is 2.40. The number of amides is 2. The summed E-state index contributed by atoms with van der Waals surface area (Å²) in [7, 11) is 3.32. The second kappa shape index (κ2) is 13.6. The van der Waals surface area contributed by atoms with Crippen molar-refractivity contribution < 1.29 is 19.1 Å². The molecule has 0 aromatic heterocycles. The fourth-order valence-corrected chi connectivity index (χ4v) is 4.73. The average molecular weight is 447 g/mol. The summed E-state index contributed by atoms with van der Waals surface area (Å²) in [5.41, 5.74) is 1.19. The number of hydrogen-bond donors (Lipinski definition) is 1. The summed E-state index contributed by atoms with van der Waals surface area (Å²) < 4.78 is 11.3. The second-order valence-electron chi connectivity index (χ2n) is 9.09. The van der Waals surface area contributed by atoms with Crippen molar-refractivity contribution in [2.24, 2.45) is 5.92 Å². The van der Waals surface area contributed by atoms with Crippen LogP contribution < -0.4 is 5.32 Å². The van der Waals surface area contributed by atoms with Crippen LogP contribution in [-0.2, 0) is 25.5 Å². The second-order valence-corrected chi connectivity index (χ2v) is 9.09. The number of benzene rings is 1. The van der Waals surface area contributed by atoms with E-state index in [9.17, 15) is 9.59 Å². The predicted molar refractivity (Wildman–Crippen MR) is 127 cm³/mol. The van der Waals surface area contributed by atoms with E-state index in [1.807, 2.05) is 36.9 Å². The van der Waals surface area contributed by atoms with Crippen LogP contribution in [0.3, 0.4) is 0 Å². The first-order valence-electron chi connectivity index (χ1n) is 12.1. The molecule has 1 N–H and O–H groups in total. The Morgan fingerprint density at radius 2 is 1.88 bits per heavy atom. The smallest absolute Gasteiger partial charge is 0.225 e. The number of nitrogens with zero attached hydrogens (tertiary/aromatic N) is 1. The van der Waals surface area contributed by atoms with E-state index in [0.717, 1.165) is 38.5 Å². The Balaban J connectivity index is 1.97. The largest absolute Gasteiger partial charge is 0.381 e. The van der Waals surface area contributed by atoms with Crippen LogP contribution in [0.25, 0.3) is 0 Å². The van der Waals surface area contributed by atoms with Gasteiger partial charge in [-0.15, -0.1) is 0 Å². The van der Waals surface area contributed by atoms with E-state index < -0.39 is 0 Å². The van der Waals surface area contributed by atoms with Crippen molar-refractivity contribution in [2.75, 3.05) is 20.8 Å². The minimum Gasteiger partial charge on any atom is -0.381 e. The van der Waals surface area contributed by atoms with E-state index in [0.29, 0.717) is 13.0 Å². The third-order valence-corrected chi connectivity index (χ3v) is 6.57. The number of ether oxygens (including phenoxy) is 2. The number of unbranched alkanes of at least 4 members (excludes halogenated alkanes) is 1. The molecule has 32 heavy (non-hydrogen) atoms. The van der Waals surface area contributed by atoms with Crippen LogP contribution in [0, 0.1) is 5.92 Å². The van der Waals surface area contributed by atoms with Crippen molar-refractivity contribution >= 4 is 11.8 Å². The molecule has 6 nitrogen and oxygen atoms in total. The van der Waals surface area contributed by atoms with E-state index >= 15 is 0 Å². The molecule has 5 atom stereocenters. The molecule has 1 fully saturated rings. The standard InChI is InChI=1S/C26H42N2O4/c1-6-7-14-22(31-4)18-24(29)28-16-11-15-23(28)25(32-5)20(3)26(30)27-19(2)17-21-12-9-8-10-13-21/h8-10,12-13,19-20,22-23,25H,6-7,11,14-18H2,1-5H3,(H,27,30)/t19-,20-,22+,23?,25-/m1/s1. The summed E-state index contributed by atoms with van der Waals surface area (Å²) in [6, 6.07) is 10.1. The fourth-order valence-electron chi connectivity index (χ4n) is 4.73. The Morgan fingerprint density at radius 1 is 1.16 bits per heavy atom. The summed E-state index contributed by atoms with van der Waals surface area (Å²) >= 11 is 0. The molecule has 1 heterocycles. The molecule has 1 aliphatic rings. The summed E-state index contributed by atoms with van der Waals surface area (Å²) in [6.07, 6.45) is 5.60. The summed E-state index contributed by atoms with van der Waals surface area (Å²) in [4.78, 5) is 28.0. The summed E-state index contributed by atoms with van der Waals surface area (Å²) in [5.74, 6) is -0.283. The van der Waals surface area contributed by atoms with Gasteiger partial charge >= 0.3 is 0 Å². The molecule has 0 spiro atoms. The number of likely N-dealkylation sites (tertiary alicyclic amines) is 1. The van der Waals surface area contributed by atoms with Gasteiger partial charge in [0.2, 0.25) is 11.8 Å². The summed E-state index contributed by atoms with van der Waals surface area (Å²) in [6.45, 7) is 6.78. The molecule has 1 aromatic rings. The van der Waals surface area contributed by atoms with Gasteiger partial charge in [-0.3, -0.25) is 9.59 Å². The number of nitrogens with one attached hydrogen (secondary N) is 1. The molecule has 0 aliphatic carbocycles. The van der Waals surface area contributed by atoms with Crippen LogP contribution >= 0.6 is 0 Å². The number of carbonyl (C=O) groups is 2. The molecule has 0 radical (unpaired) electrons. The molecular formula is C26H42N2O4. The van der Waals surface area contributed by atoms with Crippen molar-refractivity contribution in [2.45, 2.75) is 90.0 Å². The predicted octanol–water partition coefficient (Wildman–Crippen LogP) is 3.97. The van der Waals surface area contributed by atoms with Crippen LogP contribution in [0.4, 0.5) is 0 Å². The van der Waals surface area contributed by atoms with Gasteiger partial charge in [0, 0.05) is 26.8 Å². The lowest BCUT2D eigenvalue weighted by Crippen LogP contribution is -2.51.